The average molecular weight is 428 g/mol. The summed E-state index contributed by atoms with van der Waals surface area (Å²) in [5.74, 6) is -0.289. The van der Waals surface area contributed by atoms with E-state index in [9.17, 15) is 9.59 Å². The van der Waals surface area contributed by atoms with Crippen molar-refractivity contribution in [3.8, 4) is 0 Å². The van der Waals surface area contributed by atoms with Gasteiger partial charge in [-0.25, -0.2) is 4.99 Å². The standard InChI is InChI=1S/C22H22ClN3O2S/c1-2-14-26-21(28)19(29-22(26)25-18-11-7-6-10-17(18)23)15-20(27)24-13-12-16-8-4-3-5-9-16/h2-11,19H,1,12-15H2,(H,24,27). The van der Waals surface area contributed by atoms with E-state index < -0.39 is 5.25 Å². The molecule has 2 aromatic rings. The number of amidine groups is 1. The van der Waals surface area contributed by atoms with Gasteiger partial charge in [0.05, 0.1) is 10.7 Å². The van der Waals surface area contributed by atoms with Gasteiger partial charge < -0.3 is 5.32 Å². The van der Waals surface area contributed by atoms with Crippen LogP contribution in [-0.4, -0.2) is 40.2 Å². The minimum Gasteiger partial charge on any atom is -0.356 e. The molecule has 2 amide bonds. The molecule has 2 aromatic carbocycles. The zero-order chi connectivity index (χ0) is 20.6. The van der Waals surface area contributed by atoms with E-state index in [4.69, 9.17) is 11.6 Å². The molecule has 1 unspecified atom stereocenters. The summed E-state index contributed by atoms with van der Waals surface area (Å²) in [4.78, 5) is 31.2. The lowest BCUT2D eigenvalue weighted by atomic mass is 10.1. The van der Waals surface area contributed by atoms with Gasteiger partial charge in [0, 0.05) is 19.5 Å². The molecule has 5 nitrogen and oxygen atoms in total. The summed E-state index contributed by atoms with van der Waals surface area (Å²) in [5.41, 5.74) is 1.75. The van der Waals surface area contributed by atoms with Crippen LogP contribution >= 0.6 is 23.4 Å². The molecule has 0 spiro atoms. The van der Waals surface area contributed by atoms with Crippen LogP contribution in [0.15, 0.2) is 72.2 Å². The van der Waals surface area contributed by atoms with Crippen molar-refractivity contribution < 1.29 is 9.59 Å². The Labute approximate surface area is 179 Å². The molecule has 1 aliphatic heterocycles. The van der Waals surface area contributed by atoms with Gasteiger partial charge in [0.25, 0.3) is 0 Å². The first-order chi connectivity index (χ1) is 14.1. The van der Waals surface area contributed by atoms with E-state index in [1.807, 2.05) is 42.5 Å². The SMILES string of the molecule is C=CCN1C(=O)C(CC(=O)NCCc2ccccc2)SC1=Nc1ccccc1Cl. The number of aliphatic imine (C=N–C) groups is 1. The molecule has 150 valence electrons. The Hall–Kier alpha value is -2.57. The number of thioether (sulfide) groups is 1. The number of nitrogens with one attached hydrogen (secondary N) is 1. The van der Waals surface area contributed by atoms with Crippen molar-refractivity contribution in [2.24, 2.45) is 4.99 Å². The summed E-state index contributed by atoms with van der Waals surface area (Å²) >= 11 is 7.48. The van der Waals surface area contributed by atoms with Crippen LogP contribution < -0.4 is 5.32 Å². The van der Waals surface area contributed by atoms with Crippen LogP contribution in [0.1, 0.15) is 12.0 Å². The van der Waals surface area contributed by atoms with E-state index in [1.165, 1.54) is 11.8 Å². The number of halogens is 1. The number of amides is 2. The quantitative estimate of drug-likeness (QED) is 0.642. The maximum atomic E-state index is 12.8. The summed E-state index contributed by atoms with van der Waals surface area (Å²) in [6.45, 7) is 4.58. The van der Waals surface area contributed by atoms with Crippen LogP contribution in [0.4, 0.5) is 5.69 Å². The molecule has 1 saturated heterocycles. The van der Waals surface area contributed by atoms with E-state index in [-0.39, 0.29) is 18.2 Å². The Kier molecular flexibility index (Phi) is 7.49. The highest BCUT2D eigenvalue weighted by Gasteiger charge is 2.38. The van der Waals surface area contributed by atoms with Gasteiger partial charge in [-0.2, -0.15) is 0 Å². The molecule has 0 aromatic heterocycles. The molecule has 1 N–H and O–H groups in total. The molecule has 0 saturated carbocycles. The molecule has 7 heteroatoms. The maximum absolute atomic E-state index is 12.8. The van der Waals surface area contributed by atoms with Crippen molar-refractivity contribution in [2.75, 3.05) is 13.1 Å². The summed E-state index contributed by atoms with van der Waals surface area (Å²) in [6.07, 6.45) is 2.50. The molecule has 29 heavy (non-hydrogen) atoms. The lowest BCUT2D eigenvalue weighted by Gasteiger charge is -2.14. The molecule has 1 heterocycles. The van der Waals surface area contributed by atoms with E-state index in [1.54, 1.807) is 23.1 Å². The first kappa shape index (κ1) is 21.1. The highest BCUT2D eigenvalue weighted by molar-refractivity contribution is 8.15. The lowest BCUT2D eigenvalue weighted by Crippen LogP contribution is -2.35. The minimum atomic E-state index is -0.507. The van der Waals surface area contributed by atoms with Gasteiger partial charge in [-0.05, 0) is 24.1 Å². The second kappa shape index (κ2) is 10.3. The van der Waals surface area contributed by atoms with Crippen LogP contribution in [0.5, 0.6) is 0 Å². The highest BCUT2D eigenvalue weighted by Crippen LogP contribution is 2.33. The normalized spacial score (nSPS) is 17.6. The van der Waals surface area contributed by atoms with Crippen LogP contribution in [0.2, 0.25) is 5.02 Å². The molecule has 1 atom stereocenters. The number of rotatable bonds is 8. The second-order valence-corrected chi connectivity index (χ2v) is 8.06. The van der Waals surface area contributed by atoms with Crippen LogP contribution in [0.25, 0.3) is 0 Å². The van der Waals surface area contributed by atoms with Gasteiger partial charge >= 0.3 is 0 Å². The summed E-state index contributed by atoms with van der Waals surface area (Å²) < 4.78 is 0. The van der Waals surface area contributed by atoms with E-state index >= 15 is 0 Å². The second-order valence-electron chi connectivity index (χ2n) is 6.48. The van der Waals surface area contributed by atoms with Crippen molar-refractivity contribution in [1.29, 1.82) is 0 Å². The smallest absolute Gasteiger partial charge is 0.242 e. The van der Waals surface area contributed by atoms with Crippen molar-refractivity contribution in [2.45, 2.75) is 18.1 Å². The van der Waals surface area contributed by atoms with Crippen molar-refractivity contribution in [3.63, 3.8) is 0 Å². The number of carbonyl (C=O) groups is 2. The van der Waals surface area contributed by atoms with E-state index in [0.717, 1.165) is 12.0 Å². The largest absolute Gasteiger partial charge is 0.356 e. The van der Waals surface area contributed by atoms with Gasteiger partial charge in [0.2, 0.25) is 11.8 Å². The van der Waals surface area contributed by atoms with Crippen molar-refractivity contribution in [3.05, 3.63) is 77.8 Å². The number of hydrogen-bond acceptors (Lipinski definition) is 4. The van der Waals surface area contributed by atoms with Crippen LogP contribution in [0, 0.1) is 0 Å². The third-order valence-corrected chi connectivity index (χ3v) is 5.84. The molecular formula is C22H22ClN3O2S. The fourth-order valence-electron chi connectivity index (χ4n) is 2.90. The Morgan fingerprint density at radius 2 is 1.93 bits per heavy atom. The third-order valence-electron chi connectivity index (χ3n) is 4.35. The Morgan fingerprint density at radius 1 is 1.21 bits per heavy atom. The van der Waals surface area contributed by atoms with Crippen molar-refractivity contribution in [1.82, 2.24) is 10.2 Å². The molecular weight excluding hydrogens is 406 g/mol. The number of carbonyl (C=O) groups excluding carboxylic acids is 2. The number of benzene rings is 2. The molecule has 0 aliphatic carbocycles. The summed E-state index contributed by atoms with van der Waals surface area (Å²) in [7, 11) is 0. The van der Waals surface area contributed by atoms with Gasteiger partial charge in [-0.3, -0.25) is 14.5 Å². The summed E-state index contributed by atoms with van der Waals surface area (Å²) in [6, 6.07) is 17.1. The van der Waals surface area contributed by atoms with Gasteiger partial charge in [0.1, 0.15) is 5.25 Å². The fraction of sp³-hybridized carbons (Fsp3) is 0.227. The lowest BCUT2D eigenvalue weighted by molar-refractivity contribution is -0.129. The molecule has 0 radical (unpaired) electrons. The Bertz CT molecular complexity index is 917. The highest BCUT2D eigenvalue weighted by atomic mass is 35.5. The fourth-order valence-corrected chi connectivity index (χ4v) is 4.24. The predicted molar refractivity (Wildman–Crippen MR) is 120 cm³/mol. The van der Waals surface area contributed by atoms with Gasteiger partial charge in [-0.15, -0.1) is 6.58 Å². The first-order valence-electron chi connectivity index (χ1n) is 9.31. The average Bonchev–Trinajstić information content (AvgIpc) is 3.00. The van der Waals surface area contributed by atoms with Crippen molar-refractivity contribution >= 4 is 46.0 Å². The maximum Gasteiger partial charge on any atom is 0.242 e. The predicted octanol–water partition coefficient (Wildman–Crippen LogP) is 4.21. The van der Waals surface area contributed by atoms with Gasteiger partial charge in [0.15, 0.2) is 5.17 Å². The molecule has 1 aliphatic rings. The zero-order valence-corrected chi connectivity index (χ0v) is 17.5. The Morgan fingerprint density at radius 3 is 2.66 bits per heavy atom. The number of nitrogens with zero attached hydrogens (tertiary/aromatic N) is 2. The van der Waals surface area contributed by atoms with Crippen LogP contribution in [-0.2, 0) is 16.0 Å². The summed E-state index contributed by atoms with van der Waals surface area (Å²) in [5, 5.41) is 3.43. The number of hydrogen-bond donors (Lipinski definition) is 1. The monoisotopic (exact) mass is 427 g/mol. The van der Waals surface area contributed by atoms with Gasteiger partial charge in [-0.1, -0.05) is 71.9 Å². The molecule has 0 bridgehead atoms. The first-order valence-corrected chi connectivity index (χ1v) is 10.6. The minimum absolute atomic E-state index is 0.105. The topological polar surface area (TPSA) is 61.8 Å². The molecule has 3 rings (SSSR count). The van der Waals surface area contributed by atoms with Crippen LogP contribution in [0.3, 0.4) is 0 Å². The van der Waals surface area contributed by atoms with E-state index in [2.05, 4.69) is 16.9 Å². The number of para-hydroxylation sites is 1. The third kappa shape index (κ3) is 5.71. The molecule has 1 fully saturated rings. The Balaban J connectivity index is 1.62. The van der Waals surface area contributed by atoms with E-state index in [0.29, 0.717) is 29.0 Å². The zero-order valence-electron chi connectivity index (χ0n) is 15.9.